The summed E-state index contributed by atoms with van der Waals surface area (Å²) in [4.78, 5) is 22.9. The Morgan fingerprint density at radius 3 is 2.89 bits per heavy atom. The van der Waals surface area contributed by atoms with Gasteiger partial charge in [-0.25, -0.2) is 0 Å². The number of unbranched alkanes of at least 4 members (excludes halogenated alkanes) is 1. The number of nitrogens with one attached hydrogen (secondary N) is 2. The quantitative estimate of drug-likeness (QED) is 0.651. The van der Waals surface area contributed by atoms with Crippen molar-refractivity contribution in [1.82, 2.24) is 15.1 Å². The number of hydrogen-bond acceptors (Lipinski definition) is 4. The normalized spacial score (nSPS) is 11.9. The minimum Gasteiger partial charge on any atom is -0.358 e. The third kappa shape index (κ3) is 5.09. The zero-order chi connectivity index (χ0) is 14.3. The molecule has 0 bridgehead atoms. The molecular weight excluding hydrogens is 246 g/mol. The van der Waals surface area contributed by atoms with Crippen LogP contribution in [0.4, 0.5) is 5.69 Å². The van der Waals surface area contributed by atoms with Crippen molar-refractivity contribution in [3.63, 3.8) is 0 Å². The van der Waals surface area contributed by atoms with E-state index in [9.17, 15) is 9.59 Å². The van der Waals surface area contributed by atoms with E-state index in [-0.39, 0.29) is 18.4 Å². The molecule has 0 aliphatic rings. The van der Waals surface area contributed by atoms with Crippen molar-refractivity contribution in [3.8, 4) is 0 Å². The van der Waals surface area contributed by atoms with Crippen molar-refractivity contribution in [3.05, 3.63) is 12.4 Å². The summed E-state index contributed by atoms with van der Waals surface area (Å²) in [7, 11) is 1.56. The molecule has 0 spiro atoms. The van der Waals surface area contributed by atoms with Gasteiger partial charge in [0.1, 0.15) is 6.54 Å². The predicted molar refractivity (Wildman–Crippen MR) is 72.4 cm³/mol. The standard InChI is InChI=1S/C12H21N5O2/c1-3-4-5-10(13)12(19)16-9-6-15-17(7-9)8-11(18)14-2/h6-7,10H,3-5,8,13H2,1-2H3,(H,14,18)(H,16,19)/t10-/m0/s1. The summed E-state index contributed by atoms with van der Waals surface area (Å²) in [5.41, 5.74) is 6.30. The lowest BCUT2D eigenvalue weighted by Gasteiger charge is -2.10. The van der Waals surface area contributed by atoms with Gasteiger partial charge in [-0.05, 0) is 6.42 Å². The second kappa shape index (κ2) is 7.52. The molecule has 0 unspecified atom stereocenters. The smallest absolute Gasteiger partial charge is 0.241 e. The number of nitrogens with two attached hydrogens (primary N) is 1. The molecular formula is C12H21N5O2. The van der Waals surface area contributed by atoms with E-state index in [1.54, 1.807) is 13.2 Å². The van der Waals surface area contributed by atoms with Crippen LogP contribution >= 0.6 is 0 Å². The summed E-state index contributed by atoms with van der Waals surface area (Å²) < 4.78 is 1.45. The van der Waals surface area contributed by atoms with E-state index in [0.717, 1.165) is 12.8 Å². The van der Waals surface area contributed by atoms with E-state index in [2.05, 4.69) is 15.7 Å². The maximum atomic E-state index is 11.8. The third-order valence-corrected chi connectivity index (χ3v) is 2.69. The molecule has 0 fully saturated rings. The van der Waals surface area contributed by atoms with Gasteiger partial charge in [-0.1, -0.05) is 19.8 Å². The van der Waals surface area contributed by atoms with Gasteiger partial charge in [0.25, 0.3) is 0 Å². The number of likely N-dealkylation sites (N-methyl/N-ethyl adjacent to an activating group) is 1. The zero-order valence-electron chi connectivity index (χ0n) is 11.3. The number of anilines is 1. The van der Waals surface area contributed by atoms with Crippen molar-refractivity contribution < 1.29 is 9.59 Å². The molecule has 1 aromatic rings. The lowest BCUT2D eigenvalue weighted by molar-refractivity contribution is -0.121. The van der Waals surface area contributed by atoms with Gasteiger partial charge < -0.3 is 16.4 Å². The van der Waals surface area contributed by atoms with Gasteiger partial charge in [0, 0.05) is 13.2 Å². The Hall–Kier alpha value is -1.89. The molecule has 2 amide bonds. The first-order valence-electron chi connectivity index (χ1n) is 6.36. The minimum absolute atomic E-state index is 0.119. The highest BCUT2D eigenvalue weighted by Gasteiger charge is 2.13. The second-order valence-electron chi connectivity index (χ2n) is 4.34. The Kier molecular flexibility index (Phi) is 6.01. The maximum absolute atomic E-state index is 11.8. The van der Waals surface area contributed by atoms with Crippen LogP contribution in [0.25, 0.3) is 0 Å². The minimum atomic E-state index is -0.512. The first-order chi connectivity index (χ1) is 9.06. The summed E-state index contributed by atoms with van der Waals surface area (Å²) in [5, 5.41) is 9.16. The molecule has 0 radical (unpaired) electrons. The molecule has 0 aliphatic carbocycles. The molecule has 0 aromatic carbocycles. The van der Waals surface area contributed by atoms with E-state index in [0.29, 0.717) is 12.1 Å². The molecule has 19 heavy (non-hydrogen) atoms. The number of rotatable bonds is 7. The van der Waals surface area contributed by atoms with Gasteiger partial charge >= 0.3 is 0 Å². The van der Waals surface area contributed by atoms with Gasteiger partial charge in [0.2, 0.25) is 11.8 Å². The van der Waals surface area contributed by atoms with E-state index < -0.39 is 6.04 Å². The average Bonchev–Trinajstić information content (AvgIpc) is 2.82. The van der Waals surface area contributed by atoms with Crippen LogP contribution < -0.4 is 16.4 Å². The summed E-state index contributed by atoms with van der Waals surface area (Å²) >= 11 is 0. The van der Waals surface area contributed by atoms with Gasteiger partial charge in [-0.15, -0.1) is 0 Å². The van der Waals surface area contributed by atoms with Crippen molar-refractivity contribution in [1.29, 1.82) is 0 Å². The van der Waals surface area contributed by atoms with Gasteiger partial charge in [-0.3, -0.25) is 14.3 Å². The topological polar surface area (TPSA) is 102 Å². The first-order valence-corrected chi connectivity index (χ1v) is 6.36. The summed E-state index contributed by atoms with van der Waals surface area (Å²) in [5.74, 6) is -0.381. The second-order valence-corrected chi connectivity index (χ2v) is 4.34. The Morgan fingerprint density at radius 1 is 1.53 bits per heavy atom. The molecule has 7 heteroatoms. The number of carbonyl (C=O) groups is 2. The van der Waals surface area contributed by atoms with E-state index in [1.165, 1.54) is 10.9 Å². The fraction of sp³-hybridized carbons (Fsp3) is 0.583. The fourth-order valence-electron chi connectivity index (χ4n) is 1.53. The largest absolute Gasteiger partial charge is 0.358 e. The predicted octanol–water partition coefficient (Wildman–Crippen LogP) is 0.0851. The Bertz CT molecular complexity index is 430. The van der Waals surface area contributed by atoms with Gasteiger partial charge in [-0.2, -0.15) is 5.10 Å². The first kappa shape index (κ1) is 15.2. The van der Waals surface area contributed by atoms with Crippen LogP contribution in [0.2, 0.25) is 0 Å². The molecule has 0 saturated heterocycles. The Morgan fingerprint density at radius 2 is 2.26 bits per heavy atom. The molecule has 1 atom stereocenters. The average molecular weight is 267 g/mol. The number of amides is 2. The SMILES string of the molecule is CCCC[C@H](N)C(=O)Nc1cnn(CC(=O)NC)c1. The van der Waals surface area contributed by atoms with Crippen LogP contribution in [-0.4, -0.2) is 34.7 Å². The number of nitrogens with zero attached hydrogens (tertiary/aromatic N) is 2. The number of aromatic nitrogens is 2. The van der Waals surface area contributed by atoms with Crippen LogP contribution in [0.5, 0.6) is 0 Å². The van der Waals surface area contributed by atoms with E-state index >= 15 is 0 Å². The zero-order valence-corrected chi connectivity index (χ0v) is 11.3. The van der Waals surface area contributed by atoms with Gasteiger partial charge in [0.15, 0.2) is 0 Å². The molecule has 1 aromatic heterocycles. The van der Waals surface area contributed by atoms with Crippen molar-refractivity contribution in [2.45, 2.75) is 38.8 Å². The van der Waals surface area contributed by atoms with Crippen molar-refractivity contribution >= 4 is 17.5 Å². The van der Waals surface area contributed by atoms with E-state index in [1.807, 2.05) is 6.92 Å². The molecule has 1 rings (SSSR count). The molecule has 1 heterocycles. The Labute approximate surface area is 112 Å². The Balaban J connectivity index is 2.48. The fourth-order valence-corrected chi connectivity index (χ4v) is 1.53. The highest BCUT2D eigenvalue weighted by atomic mass is 16.2. The lowest BCUT2D eigenvalue weighted by Crippen LogP contribution is -2.35. The summed E-state index contributed by atoms with van der Waals surface area (Å²) in [6.07, 6.45) is 5.68. The van der Waals surface area contributed by atoms with Crippen LogP contribution in [0.15, 0.2) is 12.4 Å². The van der Waals surface area contributed by atoms with Gasteiger partial charge in [0.05, 0.1) is 17.9 Å². The lowest BCUT2D eigenvalue weighted by atomic mass is 10.1. The highest BCUT2D eigenvalue weighted by Crippen LogP contribution is 2.07. The van der Waals surface area contributed by atoms with Crippen molar-refractivity contribution in [2.24, 2.45) is 5.73 Å². The molecule has 0 aliphatic heterocycles. The highest BCUT2D eigenvalue weighted by molar-refractivity contribution is 5.94. The number of carbonyl (C=O) groups excluding carboxylic acids is 2. The summed E-state index contributed by atoms with van der Waals surface area (Å²) in [6.45, 7) is 2.17. The molecule has 0 saturated carbocycles. The monoisotopic (exact) mass is 267 g/mol. The van der Waals surface area contributed by atoms with Crippen LogP contribution in [-0.2, 0) is 16.1 Å². The number of hydrogen-bond donors (Lipinski definition) is 3. The van der Waals surface area contributed by atoms with Crippen LogP contribution in [0, 0.1) is 0 Å². The molecule has 106 valence electrons. The van der Waals surface area contributed by atoms with Crippen LogP contribution in [0.3, 0.4) is 0 Å². The van der Waals surface area contributed by atoms with Crippen molar-refractivity contribution in [2.75, 3.05) is 12.4 Å². The maximum Gasteiger partial charge on any atom is 0.241 e. The summed E-state index contributed by atoms with van der Waals surface area (Å²) in [6, 6.07) is -0.512. The third-order valence-electron chi connectivity index (χ3n) is 2.69. The molecule has 4 N–H and O–H groups in total. The van der Waals surface area contributed by atoms with Crippen LogP contribution in [0.1, 0.15) is 26.2 Å². The van der Waals surface area contributed by atoms with E-state index in [4.69, 9.17) is 5.73 Å². The molecule has 7 nitrogen and oxygen atoms in total.